The monoisotopic (exact) mass is 227 g/mol. The van der Waals surface area contributed by atoms with Gasteiger partial charge in [0.05, 0.1) is 5.02 Å². The zero-order valence-corrected chi connectivity index (χ0v) is 9.36. The van der Waals surface area contributed by atoms with Gasteiger partial charge in [0.1, 0.15) is 5.82 Å². The summed E-state index contributed by atoms with van der Waals surface area (Å²) in [6.45, 7) is 0.603. The number of rotatable bonds is 3. The lowest BCUT2D eigenvalue weighted by atomic mass is 9.62. The van der Waals surface area contributed by atoms with Crippen LogP contribution in [-0.4, -0.2) is 6.54 Å². The van der Waals surface area contributed by atoms with Gasteiger partial charge in [-0.25, -0.2) is 4.39 Å². The lowest BCUT2D eigenvalue weighted by Gasteiger charge is -2.42. The van der Waals surface area contributed by atoms with Crippen LogP contribution < -0.4 is 5.73 Å². The highest BCUT2D eigenvalue weighted by atomic mass is 35.5. The number of hydrogen-bond acceptors (Lipinski definition) is 1. The predicted octanol–water partition coefficient (Wildman–Crippen LogP) is 3.25. The Balaban J connectivity index is 2.38. The molecule has 2 N–H and O–H groups in total. The predicted molar refractivity (Wildman–Crippen MR) is 60.6 cm³/mol. The fourth-order valence-electron chi connectivity index (χ4n) is 2.45. The highest BCUT2D eigenvalue weighted by molar-refractivity contribution is 6.30. The molecule has 2 rings (SSSR count). The molecular formula is C12H15ClFN. The summed E-state index contributed by atoms with van der Waals surface area (Å²) in [7, 11) is 0. The van der Waals surface area contributed by atoms with Gasteiger partial charge in [-0.15, -0.1) is 0 Å². The topological polar surface area (TPSA) is 26.0 Å². The van der Waals surface area contributed by atoms with Crippen molar-refractivity contribution in [1.29, 1.82) is 0 Å². The third-order valence-electron chi connectivity index (χ3n) is 3.46. The van der Waals surface area contributed by atoms with Gasteiger partial charge in [0.25, 0.3) is 0 Å². The SMILES string of the molecule is NCCC1(c2cccc(Cl)c2F)CCC1. The van der Waals surface area contributed by atoms with Crippen LogP contribution in [0.4, 0.5) is 4.39 Å². The summed E-state index contributed by atoms with van der Waals surface area (Å²) >= 11 is 5.79. The molecule has 0 radical (unpaired) electrons. The molecule has 0 spiro atoms. The summed E-state index contributed by atoms with van der Waals surface area (Å²) in [5.41, 5.74) is 6.31. The Morgan fingerprint density at radius 2 is 2.13 bits per heavy atom. The molecule has 1 aromatic rings. The first kappa shape index (κ1) is 10.9. The van der Waals surface area contributed by atoms with Crippen molar-refractivity contribution >= 4 is 11.6 Å². The van der Waals surface area contributed by atoms with E-state index in [4.69, 9.17) is 17.3 Å². The average molecular weight is 228 g/mol. The Labute approximate surface area is 94.4 Å². The highest BCUT2D eigenvalue weighted by Gasteiger charge is 2.39. The molecular weight excluding hydrogens is 213 g/mol. The van der Waals surface area contributed by atoms with E-state index >= 15 is 0 Å². The smallest absolute Gasteiger partial charge is 0.145 e. The molecule has 15 heavy (non-hydrogen) atoms. The molecule has 0 bridgehead atoms. The number of hydrogen-bond donors (Lipinski definition) is 1. The van der Waals surface area contributed by atoms with Gasteiger partial charge in [0.15, 0.2) is 0 Å². The number of benzene rings is 1. The van der Waals surface area contributed by atoms with Gasteiger partial charge in [-0.1, -0.05) is 30.2 Å². The maximum Gasteiger partial charge on any atom is 0.145 e. The van der Waals surface area contributed by atoms with Crippen LogP contribution in [0.3, 0.4) is 0 Å². The second kappa shape index (κ2) is 4.11. The Kier molecular flexibility index (Phi) is 2.98. The van der Waals surface area contributed by atoms with Crippen LogP contribution in [0.1, 0.15) is 31.2 Å². The first-order valence-corrected chi connectivity index (χ1v) is 5.72. The van der Waals surface area contributed by atoms with Crippen molar-refractivity contribution in [2.75, 3.05) is 6.54 Å². The Bertz CT molecular complexity index is 361. The Morgan fingerprint density at radius 1 is 1.40 bits per heavy atom. The van der Waals surface area contributed by atoms with Crippen molar-refractivity contribution in [3.05, 3.63) is 34.6 Å². The van der Waals surface area contributed by atoms with Crippen LogP contribution in [0.15, 0.2) is 18.2 Å². The molecule has 82 valence electrons. The van der Waals surface area contributed by atoms with E-state index < -0.39 is 0 Å². The lowest BCUT2D eigenvalue weighted by Crippen LogP contribution is -2.37. The van der Waals surface area contributed by atoms with Gasteiger partial charge in [0, 0.05) is 0 Å². The fraction of sp³-hybridized carbons (Fsp3) is 0.500. The minimum Gasteiger partial charge on any atom is -0.330 e. The van der Waals surface area contributed by atoms with E-state index in [0.29, 0.717) is 6.54 Å². The minimum atomic E-state index is -0.257. The van der Waals surface area contributed by atoms with Gasteiger partial charge in [-0.05, 0) is 42.9 Å². The maximum absolute atomic E-state index is 13.9. The molecule has 1 aliphatic rings. The van der Waals surface area contributed by atoms with E-state index in [1.165, 1.54) is 0 Å². The molecule has 0 heterocycles. The zero-order valence-electron chi connectivity index (χ0n) is 8.60. The van der Waals surface area contributed by atoms with Gasteiger partial charge in [-0.2, -0.15) is 0 Å². The summed E-state index contributed by atoms with van der Waals surface area (Å²) in [5, 5.41) is 0.218. The van der Waals surface area contributed by atoms with Crippen molar-refractivity contribution in [3.63, 3.8) is 0 Å². The largest absolute Gasteiger partial charge is 0.330 e. The van der Waals surface area contributed by atoms with Crippen LogP contribution in [0.2, 0.25) is 5.02 Å². The summed E-state index contributed by atoms with van der Waals surface area (Å²) in [4.78, 5) is 0. The molecule has 1 saturated carbocycles. The quantitative estimate of drug-likeness (QED) is 0.843. The fourth-order valence-corrected chi connectivity index (χ4v) is 2.62. The molecule has 1 aromatic carbocycles. The molecule has 1 nitrogen and oxygen atoms in total. The lowest BCUT2D eigenvalue weighted by molar-refractivity contribution is 0.222. The van der Waals surface area contributed by atoms with Crippen molar-refractivity contribution in [1.82, 2.24) is 0 Å². The average Bonchev–Trinajstić information content (AvgIpc) is 2.17. The summed E-state index contributed by atoms with van der Waals surface area (Å²) in [6.07, 6.45) is 4.07. The third-order valence-corrected chi connectivity index (χ3v) is 3.75. The second-order valence-electron chi connectivity index (χ2n) is 4.27. The molecule has 0 atom stereocenters. The minimum absolute atomic E-state index is 0.0380. The summed E-state index contributed by atoms with van der Waals surface area (Å²) in [6, 6.07) is 5.25. The maximum atomic E-state index is 13.9. The molecule has 0 amide bonds. The first-order chi connectivity index (χ1) is 7.19. The summed E-state index contributed by atoms with van der Waals surface area (Å²) in [5.74, 6) is -0.257. The van der Waals surface area contributed by atoms with Gasteiger partial charge < -0.3 is 5.73 Å². The van der Waals surface area contributed by atoms with Gasteiger partial charge >= 0.3 is 0 Å². The van der Waals surface area contributed by atoms with E-state index in [0.717, 1.165) is 31.2 Å². The Morgan fingerprint density at radius 3 is 2.67 bits per heavy atom. The molecule has 0 saturated heterocycles. The standard InChI is InChI=1S/C12H15ClFN/c13-10-4-1-3-9(11(10)14)12(7-8-15)5-2-6-12/h1,3-4H,2,5-8,15H2. The number of halogens is 2. The van der Waals surface area contributed by atoms with E-state index in [2.05, 4.69) is 0 Å². The van der Waals surface area contributed by atoms with Crippen molar-refractivity contribution in [2.45, 2.75) is 31.1 Å². The van der Waals surface area contributed by atoms with Crippen molar-refractivity contribution < 1.29 is 4.39 Å². The zero-order chi connectivity index (χ0) is 10.9. The molecule has 1 aliphatic carbocycles. The van der Waals surface area contributed by atoms with E-state index in [-0.39, 0.29) is 16.3 Å². The van der Waals surface area contributed by atoms with Crippen LogP contribution in [0.25, 0.3) is 0 Å². The molecule has 0 unspecified atom stereocenters. The van der Waals surface area contributed by atoms with Crippen molar-refractivity contribution in [2.24, 2.45) is 5.73 Å². The molecule has 3 heteroatoms. The molecule has 0 aliphatic heterocycles. The normalized spacial score (nSPS) is 18.6. The third kappa shape index (κ3) is 1.77. The van der Waals surface area contributed by atoms with Crippen LogP contribution in [0.5, 0.6) is 0 Å². The van der Waals surface area contributed by atoms with Crippen LogP contribution >= 0.6 is 11.6 Å². The van der Waals surface area contributed by atoms with Gasteiger partial charge in [-0.3, -0.25) is 0 Å². The summed E-state index contributed by atoms with van der Waals surface area (Å²) < 4.78 is 13.9. The van der Waals surface area contributed by atoms with Crippen molar-refractivity contribution in [3.8, 4) is 0 Å². The number of nitrogens with two attached hydrogens (primary N) is 1. The highest BCUT2D eigenvalue weighted by Crippen LogP contribution is 2.47. The van der Waals surface area contributed by atoms with Gasteiger partial charge in [0.2, 0.25) is 0 Å². The Hall–Kier alpha value is -0.600. The van der Waals surface area contributed by atoms with E-state index in [9.17, 15) is 4.39 Å². The van der Waals surface area contributed by atoms with E-state index in [1.54, 1.807) is 6.07 Å². The molecule has 1 fully saturated rings. The second-order valence-corrected chi connectivity index (χ2v) is 4.68. The molecule has 0 aromatic heterocycles. The van der Waals surface area contributed by atoms with Crippen LogP contribution in [-0.2, 0) is 5.41 Å². The first-order valence-electron chi connectivity index (χ1n) is 5.34. The van der Waals surface area contributed by atoms with Crippen LogP contribution in [0, 0.1) is 5.82 Å². The van der Waals surface area contributed by atoms with E-state index in [1.807, 2.05) is 12.1 Å².